The Morgan fingerprint density at radius 2 is 2.00 bits per heavy atom. The van der Waals surface area contributed by atoms with Crippen molar-refractivity contribution >= 4 is 23.6 Å². The van der Waals surface area contributed by atoms with E-state index in [1.165, 1.54) is 11.8 Å². The largest absolute Gasteiger partial charge is 0.497 e. The molecule has 1 heterocycles. The summed E-state index contributed by atoms with van der Waals surface area (Å²) < 4.78 is 6.84. The van der Waals surface area contributed by atoms with Gasteiger partial charge in [0.1, 0.15) is 11.6 Å². The van der Waals surface area contributed by atoms with Gasteiger partial charge in [-0.2, -0.15) is 0 Å². The Kier molecular flexibility index (Phi) is 6.19. The van der Waals surface area contributed by atoms with Gasteiger partial charge in [0, 0.05) is 25.6 Å². The van der Waals surface area contributed by atoms with Gasteiger partial charge in [-0.25, -0.2) is 0 Å². The van der Waals surface area contributed by atoms with Crippen LogP contribution in [0.25, 0.3) is 0 Å². The molecule has 0 saturated heterocycles. The number of carbonyl (C=O) groups excluding carboxylic acids is 2. The van der Waals surface area contributed by atoms with Crippen LogP contribution in [0.3, 0.4) is 0 Å². The van der Waals surface area contributed by atoms with Crippen LogP contribution in [0.5, 0.6) is 5.75 Å². The Hall–Kier alpha value is -2.55. The maximum absolute atomic E-state index is 12.1. The molecule has 2 rings (SSSR count). The van der Waals surface area contributed by atoms with Crippen LogP contribution < -0.4 is 15.8 Å². The van der Waals surface area contributed by atoms with Crippen LogP contribution in [0.2, 0.25) is 0 Å². The van der Waals surface area contributed by atoms with Crippen molar-refractivity contribution in [2.45, 2.75) is 11.6 Å². The molecule has 0 radical (unpaired) electrons. The van der Waals surface area contributed by atoms with Crippen LogP contribution in [0.15, 0.2) is 29.4 Å². The fourth-order valence-electron chi connectivity index (χ4n) is 1.96. The van der Waals surface area contributed by atoms with E-state index in [4.69, 9.17) is 10.5 Å². The van der Waals surface area contributed by atoms with Gasteiger partial charge in [-0.1, -0.05) is 11.8 Å². The van der Waals surface area contributed by atoms with Crippen molar-refractivity contribution in [2.24, 2.45) is 12.8 Å². The van der Waals surface area contributed by atoms with Gasteiger partial charge in [0.25, 0.3) is 5.91 Å². The topological polar surface area (TPSA) is 112 Å². The van der Waals surface area contributed by atoms with Gasteiger partial charge in [-0.15, -0.1) is 10.2 Å². The summed E-state index contributed by atoms with van der Waals surface area (Å²) in [5.74, 6) is 1.00. The molecule has 0 unspecified atom stereocenters. The number of nitrogens with two attached hydrogens (primary N) is 1. The minimum atomic E-state index is -0.406. The molecule has 0 aliphatic rings. The predicted molar refractivity (Wildman–Crippen MR) is 90.0 cm³/mol. The normalized spacial score (nSPS) is 10.4. The number of ether oxygens (including phenoxy) is 1. The molecule has 8 nitrogen and oxygen atoms in total. The zero-order valence-corrected chi connectivity index (χ0v) is 14.3. The number of primary amides is 1. The number of methoxy groups -OCH3 is 1. The Balaban J connectivity index is 1.85. The summed E-state index contributed by atoms with van der Waals surface area (Å²) in [6, 6.07) is 6.88. The van der Waals surface area contributed by atoms with Gasteiger partial charge < -0.3 is 20.4 Å². The number of rotatable bonds is 8. The van der Waals surface area contributed by atoms with Crippen molar-refractivity contribution in [1.29, 1.82) is 0 Å². The highest BCUT2D eigenvalue weighted by molar-refractivity contribution is 7.99. The van der Waals surface area contributed by atoms with E-state index in [1.54, 1.807) is 35.9 Å². The first-order valence-electron chi connectivity index (χ1n) is 7.23. The number of hydrogen-bond acceptors (Lipinski definition) is 6. The van der Waals surface area contributed by atoms with Crippen molar-refractivity contribution in [2.75, 3.05) is 19.4 Å². The van der Waals surface area contributed by atoms with Gasteiger partial charge in [0.15, 0.2) is 5.16 Å². The van der Waals surface area contributed by atoms with E-state index in [0.717, 1.165) is 5.82 Å². The van der Waals surface area contributed by atoms with Gasteiger partial charge in [-0.05, 0) is 24.3 Å². The lowest BCUT2D eigenvalue weighted by molar-refractivity contribution is -0.115. The third-order valence-corrected chi connectivity index (χ3v) is 4.30. The average molecular weight is 349 g/mol. The van der Waals surface area contributed by atoms with E-state index in [1.807, 2.05) is 7.05 Å². The van der Waals surface area contributed by atoms with Gasteiger partial charge in [0.05, 0.1) is 12.9 Å². The SMILES string of the molecule is COc1ccc(C(=O)NCCc2nnc(SCC(N)=O)n2C)cc1. The quantitative estimate of drug-likeness (QED) is 0.666. The molecule has 2 aromatic rings. The zero-order chi connectivity index (χ0) is 17.5. The van der Waals surface area contributed by atoms with E-state index >= 15 is 0 Å². The monoisotopic (exact) mass is 349 g/mol. The number of nitrogens with one attached hydrogen (secondary N) is 1. The molecule has 0 spiro atoms. The number of nitrogens with zero attached hydrogens (tertiary/aromatic N) is 3. The summed E-state index contributed by atoms with van der Waals surface area (Å²) in [4.78, 5) is 22.9. The highest BCUT2D eigenvalue weighted by atomic mass is 32.2. The van der Waals surface area contributed by atoms with E-state index in [9.17, 15) is 9.59 Å². The Morgan fingerprint density at radius 3 is 2.62 bits per heavy atom. The molecule has 0 bridgehead atoms. The Bertz CT molecular complexity index is 714. The van der Waals surface area contributed by atoms with Gasteiger partial charge >= 0.3 is 0 Å². The first-order valence-corrected chi connectivity index (χ1v) is 8.21. The molecule has 2 amide bonds. The summed E-state index contributed by atoms with van der Waals surface area (Å²) in [7, 11) is 3.38. The maximum Gasteiger partial charge on any atom is 0.251 e. The second-order valence-corrected chi connectivity index (χ2v) is 5.89. The van der Waals surface area contributed by atoms with Crippen molar-refractivity contribution in [3.8, 4) is 5.75 Å². The standard InChI is InChI=1S/C15H19N5O3S/c1-20-13(18-19-15(20)24-9-12(16)21)7-8-17-14(22)10-3-5-11(23-2)6-4-10/h3-6H,7-9H2,1-2H3,(H2,16,21)(H,17,22). The number of carbonyl (C=O) groups is 2. The van der Waals surface area contributed by atoms with Crippen molar-refractivity contribution in [1.82, 2.24) is 20.1 Å². The second kappa shape index (κ2) is 8.34. The first-order chi connectivity index (χ1) is 11.5. The highest BCUT2D eigenvalue weighted by Crippen LogP contribution is 2.15. The van der Waals surface area contributed by atoms with E-state index in [2.05, 4.69) is 15.5 Å². The Morgan fingerprint density at radius 1 is 1.29 bits per heavy atom. The molecule has 3 N–H and O–H groups in total. The minimum absolute atomic E-state index is 0.153. The number of thioether (sulfide) groups is 1. The average Bonchev–Trinajstić information content (AvgIpc) is 2.93. The fourth-order valence-corrected chi connectivity index (χ4v) is 2.63. The molecule has 0 atom stereocenters. The summed E-state index contributed by atoms with van der Waals surface area (Å²) in [6.07, 6.45) is 0.530. The van der Waals surface area contributed by atoms with Crippen molar-refractivity contribution < 1.29 is 14.3 Å². The maximum atomic E-state index is 12.1. The third kappa shape index (κ3) is 4.72. The van der Waals surface area contributed by atoms with Crippen LogP contribution in [-0.2, 0) is 18.3 Å². The lowest BCUT2D eigenvalue weighted by Crippen LogP contribution is -2.26. The summed E-state index contributed by atoms with van der Waals surface area (Å²) >= 11 is 1.23. The van der Waals surface area contributed by atoms with Crippen molar-refractivity contribution in [3.05, 3.63) is 35.7 Å². The Labute approximate surface area is 143 Å². The summed E-state index contributed by atoms with van der Waals surface area (Å²) in [6.45, 7) is 0.428. The third-order valence-electron chi connectivity index (χ3n) is 3.25. The van der Waals surface area contributed by atoms with Crippen LogP contribution in [0, 0.1) is 0 Å². The van der Waals surface area contributed by atoms with Crippen LogP contribution in [0.1, 0.15) is 16.2 Å². The van der Waals surface area contributed by atoms with E-state index < -0.39 is 5.91 Å². The highest BCUT2D eigenvalue weighted by Gasteiger charge is 2.11. The van der Waals surface area contributed by atoms with Crippen LogP contribution >= 0.6 is 11.8 Å². The zero-order valence-electron chi connectivity index (χ0n) is 13.5. The van der Waals surface area contributed by atoms with Gasteiger partial charge in [0.2, 0.25) is 5.91 Å². The van der Waals surface area contributed by atoms with Gasteiger partial charge in [-0.3, -0.25) is 9.59 Å². The molecule has 0 saturated carbocycles. The molecule has 9 heteroatoms. The minimum Gasteiger partial charge on any atom is -0.497 e. The lowest BCUT2D eigenvalue weighted by atomic mass is 10.2. The molecule has 128 valence electrons. The molecular weight excluding hydrogens is 330 g/mol. The van der Waals surface area contributed by atoms with Crippen LogP contribution in [-0.4, -0.2) is 46.0 Å². The molecule has 1 aromatic heterocycles. The van der Waals surface area contributed by atoms with Crippen LogP contribution in [0.4, 0.5) is 0 Å². The van der Waals surface area contributed by atoms with Crippen molar-refractivity contribution in [3.63, 3.8) is 0 Å². The molecule has 0 fully saturated rings. The summed E-state index contributed by atoms with van der Waals surface area (Å²) in [5, 5.41) is 11.5. The number of benzene rings is 1. The molecule has 24 heavy (non-hydrogen) atoms. The number of aromatic nitrogens is 3. The number of amides is 2. The molecule has 0 aliphatic carbocycles. The smallest absolute Gasteiger partial charge is 0.251 e. The first kappa shape index (κ1) is 17.8. The molecule has 0 aliphatic heterocycles. The van der Waals surface area contributed by atoms with E-state index in [0.29, 0.717) is 29.4 Å². The number of hydrogen-bond donors (Lipinski definition) is 2. The molecular formula is C15H19N5O3S. The molecule has 1 aromatic carbocycles. The van der Waals surface area contributed by atoms with E-state index in [-0.39, 0.29) is 11.7 Å². The summed E-state index contributed by atoms with van der Waals surface area (Å²) in [5.41, 5.74) is 5.67. The lowest BCUT2D eigenvalue weighted by Gasteiger charge is -2.06. The predicted octanol–water partition coefficient (Wildman–Crippen LogP) is 0.374. The fraction of sp³-hybridized carbons (Fsp3) is 0.333. The second-order valence-electron chi connectivity index (χ2n) is 4.95.